The molecule has 0 aliphatic heterocycles. The summed E-state index contributed by atoms with van der Waals surface area (Å²) in [5.74, 6) is -0.132. The molecule has 0 bridgehead atoms. The van der Waals surface area contributed by atoms with Gasteiger partial charge in [-0.15, -0.1) is 6.58 Å². The zero-order valence-corrected chi connectivity index (χ0v) is 12.4. The highest BCUT2D eigenvalue weighted by Gasteiger charge is 2.14. The van der Waals surface area contributed by atoms with Gasteiger partial charge in [0.2, 0.25) is 0 Å². The number of nitrogens with one attached hydrogen (secondary N) is 1. The Morgan fingerprint density at radius 3 is 2.75 bits per heavy atom. The molecule has 0 spiro atoms. The predicted molar refractivity (Wildman–Crippen MR) is 81.2 cm³/mol. The number of hydrogen-bond donors (Lipinski definition) is 1. The minimum Gasteiger partial charge on any atom is -0.345 e. The van der Waals surface area contributed by atoms with E-state index in [1.165, 1.54) is 0 Å². The van der Waals surface area contributed by atoms with Crippen LogP contribution in [-0.4, -0.2) is 15.9 Å². The lowest BCUT2D eigenvalue weighted by molar-refractivity contribution is 0.0937. The van der Waals surface area contributed by atoms with Crippen LogP contribution < -0.4 is 5.32 Å². The molecule has 1 N–H and O–H groups in total. The molecule has 2 heterocycles. The Hall–Kier alpha value is -2.01. The van der Waals surface area contributed by atoms with Crippen LogP contribution in [0.3, 0.4) is 0 Å². The number of hydrogen-bond acceptors (Lipinski definition) is 3. The summed E-state index contributed by atoms with van der Waals surface area (Å²) in [6.07, 6.45) is 7.33. The van der Waals surface area contributed by atoms with Gasteiger partial charge in [0.1, 0.15) is 4.60 Å². The van der Waals surface area contributed by atoms with Gasteiger partial charge in [-0.3, -0.25) is 9.78 Å². The first-order valence-electron chi connectivity index (χ1n) is 6.14. The van der Waals surface area contributed by atoms with Crippen molar-refractivity contribution in [2.24, 2.45) is 0 Å². The average Bonchev–Trinajstić information content (AvgIpc) is 2.47. The summed E-state index contributed by atoms with van der Waals surface area (Å²) >= 11 is 3.33. The third-order valence-electron chi connectivity index (χ3n) is 2.80. The molecule has 0 aliphatic rings. The van der Waals surface area contributed by atoms with Gasteiger partial charge in [0.25, 0.3) is 5.91 Å². The topological polar surface area (TPSA) is 54.9 Å². The van der Waals surface area contributed by atoms with Crippen LogP contribution in [0.1, 0.15) is 28.4 Å². The summed E-state index contributed by atoms with van der Waals surface area (Å²) in [5, 5.41) is 2.99. The van der Waals surface area contributed by atoms with Crippen LogP contribution in [0, 0.1) is 0 Å². The molecular formula is C15H14BrN3O. The molecule has 0 saturated carbocycles. The van der Waals surface area contributed by atoms with Gasteiger partial charge >= 0.3 is 0 Å². The standard InChI is InChI=1S/C15H14BrN3O/c1-2-3-13(12-6-9-18-14(16)10-12)19-15(20)11-4-7-17-8-5-11/h2,4-10,13H,1,3H2,(H,19,20)/t13-/m1/s1. The summed E-state index contributed by atoms with van der Waals surface area (Å²) in [6.45, 7) is 3.74. The number of carbonyl (C=O) groups excluding carboxylic acids is 1. The van der Waals surface area contributed by atoms with Gasteiger partial charge in [-0.2, -0.15) is 0 Å². The molecule has 0 radical (unpaired) electrons. The molecule has 0 unspecified atom stereocenters. The molecule has 0 aromatic carbocycles. The molecule has 4 nitrogen and oxygen atoms in total. The Bertz CT molecular complexity index is 601. The fraction of sp³-hybridized carbons (Fsp3) is 0.133. The highest BCUT2D eigenvalue weighted by Crippen LogP contribution is 2.20. The van der Waals surface area contributed by atoms with Crippen LogP contribution >= 0.6 is 15.9 Å². The molecule has 0 saturated heterocycles. The van der Waals surface area contributed by atoms with Crippen LogP contribution in [-0.2, 0) is 0 Å². The van der Waals surface area contributed by atoms with E-state index in [2.05, 4.69) is 37.8 Å². The number of rotatable bonds is 5. The second kappa shape index (κ2) is 6.96. The Morgan fingerprint density at radius 1 is 1.35 bits per heavy atom. The average molecular weight is 332 g/mol. The Morgan fingerprint density at radius 2 is 2.10 bits per heavy atom. The van der Waals surface area contributed by atoms with E-state index < -0.39 is 0 Å². The zero-order chi connectivity index (χ0) is 14.4. The number of halogens is 1. The molecule has 2 aromatic heterocycles. The SMILES string of the molecule is C=CC[C@@H](NC(=O)c1ccncc1)c1ccnc(Br)c1. The van der Waals surface area contributed by atoms with Crippen molar-refractivity contribution in [1.29, 1.82) is 0 Å². The van der Waals surface area contributed by atoms with E-state index in [1.807, 2.05) is 12.1 Å². The van der Waals surface area contributed by atoms with Crippen LogP contribution in [0.25, 0.3) is 0 Å². The van der Waals surface area contributed by atoms with Gasteiger partial charge in [0, 0.05) is 24.2 Å². The van der Waals surface area contributed by atoms with Gasteiger partial charge in [-0.1, -0.05) is 6.08 Å². The summed E-state index contributed by atoms with van der Waals surface area (Å²) in [4.78, 5) is 20.2. The number of aromatic nitrogens is 2. The van der Waals surface area contributed by atoms with Crippen molar-refractivity contribution in [3.8, 4) is 0 Å². The van der Waals surface area contributed by atoms with E-state index >= 15 is 0 Å². The van der Waals surface area contributed by atoms with Gasteiger partial charge < -0.3 is 5.32 Å². The Kier molecular flexibility index (Phi) is 5.01. The minimum atomic E-state index is -0.132. The first-order chi connectivity index (χ1) is 9.70. The van der Waals surface area contributed by atoms with Crippen LogP contribution in [0.15, 0.2) is 60.1 Å². The third kappa shape index (κ3) is 3.74. The van der Waals surface area contributed by atoms with Crippen molar-refractivity contribution >= 4 is 21.8 Å². The molecule has 5 heteroatoms. The first-order valence-corrected chi connectivity index (χ1v) is 6.93. The lowest BCUT2D eigenvalue weighted by Gasteiger charge is -2.17. The number of nitrogens with zero attached hydrogens (tertiary/aromatic N) is 2. The molecule has 1 amide bonds. The highest BCUT2D eigenvalue weighted by atomic mass is 79.9. The molecule has 2 aromatic rings. The molecule has 102 valence electrons. The quantitative estimate of drug-likeness (QED) is 0.675. The van der Waals surface area contributed by atoms with E-state index in [0.29, 0.717) is 12.0 Å². The maximum Gasteiger partial charge on any atom is 0.251 e. The third-order valence-corrected chi connectivity index (χ3v) is 3.24. The molecular weight excluding hydrogens is 318 g/mol. The van der Waals surface area contributed by atoms with Crippen molar-refractivity contribution in [1.82, 2.24) is 15.3 Å². The zero-order valence-electron chi connectivity index (χ0n) is 10.8. The monoisotopic (exact) mass is 331 g/mol. The largest absolute Gasteiger partial charge is 0.345 e. The second-order valence-electron chi connectivity index (χ2n) is 4.20. The minimum absolute atomic E-state index is 0.132. The van der Waals surface area contributed by atoms with E-state index in [9.17, 15) is 4.79 Å². The van der Waals surface area contributed by atoms with Crippen LogP contribution in [0.5, 0.6) is 0 Å². The van der Waals surface area contributed by atoms with E-state index in [0.717, 1.165) is 10.2 Å². The van der Waals surface area contributed by atoms with Crippen molar-refractivity contribution in [2.45, 2.75) is 12.5 Å². The number of pyridine rings is 2. The van der Waals surface area contributed by atoms with E-state index in [1.54, 1.807) is 36.8 Å². The van der Waals surface area contributed by atoms with Crippen LogP contribution in [0.4, 0.5) is 0 Å². The van der Waals surface area contributed by atoms with Gasteiger partial charge in [0.05, 0.1) is 6.04 Å². The summed E-state index contributed by atoms with van der Waals surface area (Å²) < 4.78 is 0.738. The fourth-order valence-electron chi connectivity index (χ4n) is 1.82. The molecule has 0 fully saturated rings. The van der Waals surface area contributed by atoms with E-state index in [4.69, 9.17) is 0 Å². The summed E-state index contributed by atoms with van der Waals surface area (Å²) in [5.41, 5.74) is 1.57. The molecule has 20 heavy (non-hydrogen) atoms. The van der Waals surface area contributed by atoms with E-state index in [-0.39, 0.29) is 11.9 Å². The molecule has 1 atom stereocenters. The van der Waals surface area contributed by atoms with Crippen molar-refractivity contribution in [3.05, 3.63) is 71.2 Å². The lowest BCUT2D eigenvalue weighted by Crippen LogP contribution is -2.28. The molecule has 2 rings (SSSR count). The Labute approximate surface area is 126 Å². The van der Waals surface area contributed by atoms with Crippen LogP contribution in [0.2, 0.25) is 0 Å². The van der Waals surface area contributed by atoms with Gasteiger partial charge in [0.15, 0.2) is 0 Å². The van der Waals surface area contributed by atoms with Crippen molar-refractivity contribution in [3.63, 3.8) is 0 Å². The van der Waals surface area contributed by atoms with Gasteiger partial charge in [-0.05, 0) is 52.2 Å². The second-order valence-corrected chi connectivity index (χ2v) is 5.01. The predicted octanol–water partition coefficient (Wildman–Crippen LogP) is 3.29. The highest BCUT2D eigenvalue weighted by molar-refractivity contribution is 9.10. The maximum atomic E-state index is 12.2. The Balaban J connectivity index is 2.18. The smallest absolute Gasteiger partial charge is 0.251 e. The molecule has 0 aliphatic carbocycles. The summed E-state index contributed by atoms with van der Waals surface area (Å²) in [6, 6.07) is 7.01. The fourth-order valence-corrected chi connectivity index (χ4v) is 2.21. The normalized spacial score (nSPS) is 11.7. The van der Waals surface area contributed by atoms with Crippen molar-refractivity contribution < 1.29 is 4.79 Å². The van der Waals surface area contributed by atoms with Crippen molar-refractivity contribution in [2.75, 3.05) is 0 Å². The first kappa shape index (κ1) is 14.4. The number of amides is 1. The number of carbonyl (C=O) groups is 1. The maximum absolute atomic E-state index is 12.2. The van der Waals surface area contributed by atoms with Gasteiger partial charge in [-0.25, -0.2) is 4.98 Å². The summed E-state index contributed by atoms with van der Waals surface area (Å²) in [7, 11) is 0. The lowest BCUT2D eigenvalue weighted by atomic mass is 10.0.